The van der Waals surface area contributed by atoms with E-state index in [0.29, 0.717) is 12.0 Å². The number of nitrogens with zero attached hydrogens (tertiary/aromatic N) is 1. The minimum absolute atomic E-state index is 0.158. The number of hydrogen-bond donors (Lipinski definition) is 1. The highest BCUT2D eigenvalue weighted by atomic mass is 16.5. The molecule has 0 aromatic heterocycles. The van der Waals surface area contributed by atoms with Crippen molar-refractivity contribution in [3.63, 3.8) is 0 Å². The number of hydrogen-bond acceptors (Lipinski definition) is 4. The van der Waals surface area contributed by atoms with Gasteiger partial charge in [-0.05, 0) is 33.2 Å². The molecule has 2 atom stereocenters. The lowest BCUT2D eigenvalue weighted by atomic mass is 9.92. The standard InChI is InChI=1S/C15H30N2O2/c1-4-6-16-14-5-8-18-11-13(14)10-17-7-9-19-12-15(17,2)3/h13-14,16H,4-12H2,1-3H3. The van der Waals surface area contributed by atoms with Crippen LogP contribution in [0, 0.1) is 5.92 Å². The third kappa shape index (κ3) is 4.15. The van der Waals surface area contributed by atoms with Crippen molar-refractivity contribution in [3.8, 4) is 0 Å². The molecule has 0 aromatic rings. The second kappa shape index (κ2) is 7.02. The summed E-state index contributed by atoms with van der Waals surface area (Å²) in [5.74, 6) is 0.609. The summed E-state index contributed by atoms with van der Waals surface area (Å²) in [4.78, 5) is 2.58. The Morgan fingerprint density at radius 1 is 1.26 bits per heavy atom. The summed E-state index contributed by atoms with van der Waals surface area (Å²) in [6.07, 6.45) is 2.35. The van der Waals surface area contributed by atoms with E-state index in [1.54, 1.807) is 0 Å². The molecule has 4 heteroatoms. The van der Waals surface area contributed by atoms with Gasteiger partial charge < -0.3 is 14.8 Å². The van der Waals surface area contributed by atoms with Crippen molar-refractivity contribution < 1.29 is 9.47 Å². The highest BCUT2D eigenvalue weighted by Crippen LogP contribution is 2.24. The molecule has 0 spiro atoms. The summed E-state index contributed by atoms with van der Waals surface area (Å²) in [5.41, 5.74) is 0.158. The monoisotopic (exact) mass is 270 g/mol. The Morgan fingerprint density at radius 2 is 2.11 bits per heavy atom. The molecule has 2 heterocycles. The van der Waals surface area contributed by atoms with E-state index in [1.807, 2.05) is 0 Å². The number of ether oxygens (including phenoxy) is 2. The van der Waals surface area contributed by atoms with Crippen LogP contribution in [0.2, 0.25) is 0 Å². The zero-order chi connectivity index (χ0) is 13.7. The zero-order valence-corrected chi connectivity index (χ0v) is 12.8. The second-order valence-corrected chi connectivity index (χ2v) is 6.50. The van der Waals surface area contributed by atoms with Crippen LogP contribution < -0.4 is 5.32 Å². The molecule has 1 N–H and O–H groups in total. The summed E-state index contributed by atoms with van der Waals surface area (Å²) in [7, 11) is 0. The normalized spacial score (nSPS) is 32.4. The lowest BCUT2D eigenvalue weighted by Crippen LogP contribution is -2.57. The summed E-state index contributed by atoms with van der Waals surface area (Å²) in [5, 5.41) is 3.70. The lowest BCUT2D eigenvalue weighted by Gasteiger charge is -2.45. The van der Waals surface area contributed by atoms with Crippen LogP contribution in [0.25, 0.3) is 0 Å². The van der Waals surface area contributed by atoms with Gasteiger partial charge in [0.25, 0.3) is 0 Å². The highest BCUT2D eigenvalue weighted by molar-refractivity contribution is 4.89. The predicted octanol–water partition coefficient (Wildman–Crippen LogP) is 1.50. The van der Waals surface area contributed by atoms with Gasteiger partial charge in [0.2, 0.25) is 0 Å². The summed E-state index contributed by atoms with van der Waals surface area (Å²) < 4.78 is 11.3. The van der Waals surface area contributed by atoms with Crippen LogP contribution in [0.4, 0.5) is 0 Å². The number of rotatable bonds is 5. The number of nitrogens with one attached hydrogen (secondary N) is 1. The van der Waals surface area contributed by atoms with E-state index in [2.05, 4.69) is 31.0 Å². The van der Waals surface area contributed by atoms with Crippen LogP contribution in [0.5, 0.6) is 0 Å². The van der Waals surface area contributed by atoms with Crippen molar-refractivity contribution in [2.24, 2.45) is 5.92 Å². The van der Waals surface area contributed by atoms with Gasteiger partial charge >= 0.3 is 0 Å². The number of morpholine rings is 1. The predicted molar refractivity (Wildman–Crippen MR) is 77.5 cm³/mol. The maximum atomic E-state index is 5.70. The highest BCUT2D eigenvalue weighted by Gasteiger charge is 2.35. The Balaban J connectivity index is 1.90. The molecular formula is C15H30N2O2. The average Bonchev–Trinajstić information content (AvgIpc) is 2.40. The fraction of sp³-hybridized carbons (Fsp3) is 1.00. The fourth-order valence-corrected chi connectivity index (χ4v) is 3.09. The topological polar surface area (TPSA) is 33.7 Å². The van der Waals surface area contributed by atoms with E-state index in [4.69, 9.17) is 9.47 Å². The van der Waals surface area contributed by atoms with Crippen LogP contribution in [0.3, 0.4) is 0 Å². The summed E-state index contributed by atoms with van der Waals surface area (Å²) in [6.45, 7) is 13.6. The Kier molecular flexibility index (Phi) is 5.63. The van der Waals surface area contributed by atoms with Crippen molar-refractivity contribution >= 4 is 0 Å². The van der Waals surface area contributed by atoms with Crippen molar-refractivity contribution in [1.29, 1.82) is 0 Å². The van der Waals surface area contributed by atoms with E-state index in [-0.39, 0.29) is 5.54 Å². The summed E-state index contributed by atoms with van der Waals surface area (Å²) >= 11 is 0. The van der Waals surface area contributed by atoms with E-state index < -0.39 is 0 Å². The maximum absolute atomic E-state index is 5.70. The fourth-order valence-electron chi connectivity index (χ4n) is 3.09. The molecule has 0 amide bonds. The SMILES string of the molecule is CCCNC1CCOCC1CN1CCOCC1(C)C. The van der Waals surface area contributed by atoms with Gasteiger partial charge in [-0.2, -0.15) is 0 Å². The zero-order valence-electron chi connectivity index (χ0n) is 12.8. The van der Waals surface area contributed by atoms with Crippen LogP contribution in [0.15, 0.2) is 0 Å². The molecule has 2 fully saturated rings. The van der Waals surface area contributed by atoms with Crippen molar-refractivity contribution in [2.45, 2.75) is 45.2 Å². The molecule has 0 saturated carbocycles. The Labute approximate surface area is 117 Å². The Hall–Kier alpha value is -0.160. The van der Waals surface area contributed by atoms with Crippen LogP contribution in [-0.2, 0) is 9.47 Å². The van der Waals surface area contributed by atoms with Gasteiger partial charge in [0, 0.05) is 37.2 Å². The van der Waals surface area contributed by atoms with Gasteiger partial charge in [-0.15, -0.1) is 0 Å². The lowest BCUT2D eigenvalue weighted by molar-refractivity contribution is -0.0722. The van der Waals surface area contributed by atoms with Gasteiger partial charge in [-0.25, -0.2) is 0 Å². The van der Waals surface area contributed by atoms with Crippen molar-refractivity contribution in [1.82, 2.24) is 10.2 Å². The first-order valence-corrected chi connectivity index (χ1v) is 7.77. The van der Waals surface area contributed by atoms with Gasteiger partial charge in [0.05, 0.1) is 19.8 Å². The largest absolute Gasteiger partial charge is 0.381 e. The molecule has 2 aliphatic heterocycles. The minimum Gasteiger partial charge on any atom is -0.381 e. The molecule has 112 valence electrons. The third-order valence-corrected chi connectivity index (χ3v) is 4.40. The molecule has 0 bridgehead atoms. The van der Waals surface area contributed by atoms with Gasteiger partial charge in [-0.1, -0.05) is 6.92 Å². The first-order chi connectivity index (χ1) is 9.13. The molecule has 2 saturated heterocycles. The Bertz CT molecular complexity index is 271. The van der Waals surface area contributed by atoms with Gasteiger partial charge in [-0.3, -0.25) is 4.90 Å². The minimum atomic E-state index is 0.158. The molecule has 2 aliphatic rings. The molecule has 0 aliphatic carbocycles. The molecule has 0 radical (unpaired) electrons. The average molecular weight is 270 g/mol. The summed E-state index contributed by atoms with van der Waals surface area (Å²) in [6, 6.07) is 0.618. The second-order valence-electron chi connectivity index (χ2n) is 6.50. The van der Waals surface area contributed by atoms with E-state index in [0.717, 1.165) is 52.5 Å². The van der Waals surface area contributed by atoms with Crippen LogP contribution in [-0.4, -0.2) is 62.5 Å². The first-order valence-electron chi connectivity index (χ1n) is 7.77. The van der Waals surface area contributed by atoms with Crippen LogP contribution >= 0.6 is 0 Å². The van der Waals surface area contributed by atoms with Gasteiger partial charge in [0.1, 0.15) is 0 Å². The quantitative estimate of drug-likeness (QED) is 0.821. The van der Waals surface area contributed by atoms with Crippen LogP contribution in [0.1, 0.15) is 33.6 Å². The molecule has 4 nitrogen and oxygen atoms in total. The third-order valence-electron chi connectivity index (χ3n) is 4.40. The molecular weight excluding hydrogens is 240 g/mol. The van der Waals surface area contributed by atoms with E-state index >= 15 is 0 Å². The molecule has 2 unspecified atom stereocenters. The Morgan fingerprint density at radius 3 is 2.84 bits per heavy atom. The smallest absolute Gasteiger partial charge is 0.0645 e. The van der Waals surface area contributed by atoms with Crippen molar-refractivity contribution in [2.75, 3.05) is 46.1 Å². The van der Waals surface area contributed by atoms with Crippen molar-refractivity contribution in [3.05, 3.63) is 0 Å². The first kappa shape index (κ1) is 15.2. The molecule has 19 heavy (non-hydrogen) atoms. The molecule has 2 rings (SSSR count). The van der Waals surface area contributed by atoms with E-state index in [9.17, 15) is 0 Å². The van der Waals surface area contributed by atoms with E-state index in [1.165, 1.54) is 6.42 Å². The molecule has 0 aromatic carbocycles. The maximum Gasteiger partial charge on any atom is 0.0645 e. The van der Waals surface area contributed by atoms with Gasteiger partial charge in [0.15, 0.2) is 0 Å².